The molecule has 0 bridgehead atoms. The van der Waals surface area contributed by atoms with Gasteiger partial charge in [-0.25, -0.2) is 4.79 Å². The average molecular weight is 258 g/mol. The zero-order chi connectivity index (χ0) is 13.5. The molecule has 0 aliphatic rings. The Balaban J connectivity index is 4.81. The highest BCUT2D eigenvalue weighted by molar-refractivity contribution is 6.70. The maximum atomic E-state index is 11.7. The third kappa shape index (κ3) is 6.83. The lowest BCUT2D eigenvalue weighted by molar-refractivity contribution is -0.138. The second kappa shape index (κ2) is 7.16. The van der Waals surface area contributed by atoms with E-state index in [1.165, 1.54) is 6.26 Å². The standard InChI is InChI=1S/C12H22O4Si/c1-7-14-9-11(12(13)15-8-2)10(3)16-17(4,5)6/h9H,3,7-8H2,1-2,4-6H3. The third-order valence-corrected chi connectivity index (χ3v) is 2.45. The van der Waals surface area contributed by atoms with Crippen molar-refractivity contribution in [1.82, 2.24) is 0 Å². The fourth-order valence-electron chi connectivity index (χ4n) is 1.03. The van der Waals surface area contributed by atoms with Gasteiger partial charge in [0.05, 0.1) is 13.2 Å². The average Bonchev–Trinajstić information content (AvgIpc) is 2.15. The van der Waals surface area contributed by atoms with Crippen LogP contribution in [0.4, 0.5) is 0 Å². The maximum Gasteiger partial charge on any atom is 0.345 e. The molecule has 0 aliphatic heterocycles. The highest BCUT2D eigenvalue weighted by Crippen LogP contribution is 2.17. The van der Waals surface area contributed by atoms with Crippen LogP contribution in [-0.2, 0) is 18.7 Å². The molecule has 0 fully saturated rings. The van der Waals surface area contributed by atoms with Crippen molar-refractivity contribution >= 4 is 14.3 Å². The van der Waals surface area contributed by atoms with E-state index in [0.717, 1.165) is 0 Å². The molecule has 0 aromatic heterocycles. The molecule has 0 atom stereocenters. The first-order chi connectivity index (χ1) is 7.81. The lowest BCUT2D eigenvalue weighted by Gasteiger charge is -2.21. The summed E-state index contributed by atoms with van der Waals surface area (Å²) >= 11 is 0. The summed E-state index contributed by atoms with van der Waals surface area (Å²) in [5.74, 6) is -0.153. The highest BCUT2D eigenvalue weighted by atomic mass is 28.4. The second-order valence-electron chi connectivity index (χ2n) is 4.34. The molecule has 0 spiro atoms. The molecule has 0 amide bonds. The molecule has 0 rings (SSSR count). The Morgan fingerprint density at radius 2 is 1.82 bits per heavy atom. The number of esters is 1. The first kappa shape index (κ1) is 15.8. The smallest absolute Gasteiger partial charge is 0.345 e. The first-order valence-corrected chi connectivity index (χ1v) is 9.09. The van der Waals surface area contributed by atoms with E-state index in [9.17, 15) is 4.79 Å². The summed E-state index contributed by atoms with van der Waals surface area (Å²) in [5, 5.41) is 0. The number of rotatable bonds is 7. The van der Waals surface area contributed by atoms with Crippen LogP contribution in [0.15, 0.2) is 24.2 Å². The molecule has 0 radical (unpaired) electrons. The van der Waals surface area contributed by atoms with Gasteiger partial charge in [-0.15, -0.1) is 0 Å². The van der Waals surface area contributed by atoms with Gasteiger partial charge in [0.2, 0.25) is 8.32 Å². The molecule has 0 heterocycles. The predicted molar refractivity (Wildman–Crippen MR) is 69.9 cm³/mol. The molecule has 98 valence electrons. The van der Waals surface area contributed by atoms with Crippen LogP contribution >= 0.6 is 0 Å². The Bertz CT molecular complexity index is 302. The van der Waals surface area contributed by atoms with E-state index in [0.29, 0.717) is 19.0 Å². The third-order valence-electron chi connectivity index (χ3n) is 1.59. The Kier molecular flexibility index (Phi) is 6.64. The van der Waals surface area contributed by atoms with Crippen molar-refractivity contribution in [2.24, 2.45) is 0 Å². The zero-order valence-corrected chi connectivity index (χ0v) is 12.3. The topological polar surface area (TPSA) is 44.8 Å². The minimum atomic E-state index is -1.79. The molecule has 0 aromatic rings. The summed E-state index contributed by atoms with van der Waals surface area (Å²) < 4.78 is 15.7. The second-order valence-corrected chi connectivity index (χ2v) is 8.77. The normalized spacial score (nSPS) is 11.9. The van der Waals surface area contributed by atoms with E-state index in [4.69, 9.17) is 13.9 Å². The van der Waals surface area contributed by atoms with Crippen molar-refractivity contribution in [3.63, 3.8) is 0 Å². The SMILES string of the molecule is C=C(O[Si](C)(C)C)C(=COCC)C(=O)OCC. The molecule has 0 aliphatic carbocycles. The van der Waals surface area contributed by atoms with E-state index < -0.39 is 14.3 Å². The van der Waals surface area contributed by atoms with Gasteiger partial charge in [0.25, 0.3) is 0 Å². The molecule has 17 heavy (non-hydrogen) atoms. The summed E-state index contributed by atoms with van der Waals surface area (Å²) in [4.78, 5) is 11.7. The van der Waals surface area contributed by atoms with Crippen LogP contribution in [0.25, 0.3) is 0 Å². The molecule has 0 saturated heterocycles. The minimum absolute atomic E-state index is 0.246. The molecule has 0 saturated carbocycles. The summed E-state index contributed by atoms with van der Waals surface area (Å²) in [5.41, 5.74) is 0.246. The summed E-state index contributed by atoms with van der Waals surface area (Å²) in [6.07, 6.45) is 1.35. The number of ether oxygens (including phenoxy) is 2. The van der Waals surface area contributed by atoms with Gasteiger partial charge in [0.1, 0.15) is 17.6 Å². The Hall–Kier alpha value is -1.23. The maximum absolute atomic E-state index is 11.7. The molecule has 0 N–H and O–H groups in total. The number of carbonyl (C=O) groups excluding carboxylic acids is 1. The Morgan fingerprint density at radius 3 is 2.24 bits per heavy atom. The van der Waals surface area contributed by atoms with Gasteiger partial charge in [0, 0.05) is 0 Å². The van der Waals surface area contributed by atoms with Crippen molar-refractivity contribution in [2.45, 2.75) is 33.5 Å². The monoisotopic (exact) mass is 258 g/mol. The van der Waals surface area contributed by atoms with Crippen molar-refractivity contribution in [1.29, 1.82) is 0 Å². The van der Waals surface area contributed by atoms with Crippen LogP contribution in [0, 0.1) is 0 Å². The van der Waals surface area contributed by atoms with Gasteiger partial charge in [-0.1, -0.05) is 6.58 Å². The van der Waals surface area contributed by atoms with Gasteiger partial charge in [-0.2, -0.15) is 0 Å². The fourth-order valence-corrected chi connectivity index (χ4v) is 1.88. The molecule has 4 nitrogen and oxygen atoms in total. The van der Waals surface area contributed by atoms with Crippen LogP contribution in [0.5, 0.6) is 0 Å². The van der Waals surface area contributed by atoms with E-state index in [-0.39, 0.29) is 5.57 Å². The lowest BCUT2D eigenvalue weighted by Crippen LogP contribution is -2.26. The number of carbonyl (C=O) groups is 1. The highest BCUT2D eigenvalue weighted by Gasteiger charge is 2.23. The number of hydrogen-bond acceptors (Lipinski definition) is 4. The van der Waals surface area contributed by atoms with Crippen molar-refractivity contribution in [2.75, 3.05) is 13.2 Å². The van der Waals surface area contributed by atoms with E-state index in [2.05, 4.69) is 6.58 Å². The van der Waals surface area contributed by atoms with Crippen molar-refractivity contribution in [3.05, 3.63) is 24.2 Å². The van der Waals surface area contributed by atoms with Crippen LogP contribution in [-0.4, -0.2) is 27.5 Å². The van der Waals surface area contributed by atoms with E-state index >= 15 is 0 Å². The van der Waals surface area contributed by atoms with Gasteiger partial charge < -0.3 is 13.9 Å². The quantitative estimate of drug-likeness (QED) is 0.231. The zero-order valence-electron chi connectivity index (χ0n) is 11.3. The first-order valence-electron chi connectivity index (χ1n) is 5.69. The van der Waals surface area contributed by atoms with Crippen LogP contribution in [0.3, 0.4) is 0 Å². The van der Waals surface area contributed by atoms with Crippen LogP contribution < -0.4 is 0 Å². The van der Waals surface area contributed by atoms with Crippen molar-refractivity contribution in [3.8, 4) is 0 Å². The molecular formula is C12H22O4Si. The van der Waals surface area contributed by atoms with Gasteiger partial charge in [0.15, 0.2) is 0 Å². The van der Waals surface area contributed by atoms with Gasteiger partial charge in [-0.05, 0) is 33.5 Å². The summed E-state index contributed by atoms with van der Waals surface area (Å²) in [6, 6.07) is 0. The van der Waals surface area contributed by atoms with E-state index in [1.807, 2.05) is 26.6 Å². The molecule has 0 aromatic carbocycles. The largest absolute Gasteiger partial charge is 0.544 e. The fraction of sp³-hybridized carbons (Fsp3) is 0.583. The Labute approximate surface area is 104 Å². The summed E-state index contributed by atoms with van der Waals surface area (Å²) in [7, 11) is -1.79. The Morgan fingerprint density at radius 1 is 1.24 bits per heavy atom. The van der Waals surface area contributed by atoms with Crippen LogP contribution in [0.2, 0.25) is 19.6 Å². The van der Waals surface area contributed by atoms with Gasteiger partial charge in [-0.3, -0.25) is 0 Å². The lowest BCUT2D eigenvalue weighted by atomic mass is 10.2. The van der Waals surface area contributed by atoms with Gasteiger partial charge >= 0.3 is 5.97 Å². The van der Waals surface area contributed by atoms with E-state index in [1.54, 1.807) is 6.92 Å². The molecule has 0 unspecified atom stereocenters. The van der Waals surface area contributed by atoms with Crippen molar-refractivity contribution < 1.29 is 18.7 Å². The molecule has 5 heteroatoms. The summed E-state index contributed by atoms with van der Waals surface area (Å²) in [6.45, 7) is 14.2. The number of hydrogen-bond donors (Lipinski definition) is 0. The minimum Gasteiger partial charge on any atom is -0.544 e. The molecular weight excluding hydrogens is 236 g/mol. The van der Waals surface area contributed by atoms with Crippen LogP contribution in [0.1, 0.15) is 13.8 Å². The predicted octanol–water partition coefficient (Wildman–Crippen LogP) is 2.84.